The molecule has 1 heterocycles. The molecule has 1 aliphatic rings. The Morgan fingerprint density at radius 3 is 2.58 bits per heavy atom. The molecular weight excluding hydrogens is 156 g/mol. The molecule has 72 valence electrons. The molecule has 0 radical (unpaired) electrons. The number of nitrogens with zero attached hydrogens (tertiary/aromatic N) is 1. The zero-order valence-electron chi connectivity index (χ0n) is 7.88. The van der Waals surface area contributed by atoms with Crippen molar-refractivity contribution in [2.45, 2.75) is 18.4 Å². The van der Waals surface area contributed by atoms with E-state index in [1.54, 1.807) is 12.2 Å². The third kappa shape index (κ3) is 2.71. The van der Waals surface area contributed by atoms with Crippen LogP contribution >= 0.6 is 0 Å². The Kier molecular flexibility index (Phi) is 3.46. The molecule has 0 spiro atoms. The summed E-state index contributed by atoms with van der Waals surface area (Å²) in [6.07, 6.45) is 1.83. The predicted molar refractivity (Wildman–Crippen MR) is 46.6 cm³/mol. The Labute approximate surface area is 73.6 Å². The second kappa shape index (κ2) is 4.18. The number of hydroxylamine groups is 2. The van der Waals surface area contributed by atoms with E-state index in [4.69, 9.17) is 15.3 Å². The molecule has 0 unspecified atom stereocenters. The highest BCUT2D eigenvalue weighted by Gasteiger charge is 2.29. The minimum atomic E-state index is -0.122. The van der Waals surface area contributed by atoms with Gasteiger partial charge in [0, 0.05) is 32.3 Å². The van der Waals surface area contributed by atoms with Gasteiger partial charge < -0.3 is 15.3 Å². The van der Waals surface area contributed by atoms with Gasteiger partial charge in [-0.3, -0.25) is 0 Å². The lowest BCUT2D eigenvalue weighted by Crippen LogP contribution is -2.52. The quantitative estimate of drug-likeness (QED) is 0.611. The van der Waals surface area contributed by atoms with Crippen molar-refractivity contribution >= 4 is 0 Å². The maximum absolute atomic E-state index is 6.13. The molecule has 2 N–H and O–H groups in total. The van der Waals surface area contributed by atoms with Gasteiger partial charge in [0.15, 0.2) is 0 Å². The van der Waals surface area contributed by atoms with Crippen LogP contribution in [0.2, 0.25) is 0 Å². The summed E-state index contributed by atoms with van der Waals surface area (Å²) in [4.78, 5) is 5.03. The van der Waals surface area contributed by atoms with E-state index in [-0.39, 0.29) is 5.54 Å². The first-order valence-corrected chi connectivity index (χ1v) is 4.28. The lowest BCUT2D eigenvalue weighted by atomic mass is 9.91. The molecule has 1 saturated heterocycles. The number of rotatable bonds is 3. The highest BCUT2D eigenvalue weighted by atomic mass is 16.7. The summed E-state index contributed by atoms with van der Waals surface area (Å²) in [7, 11) is 3.55. The van der Waals surface area contributed by atoms with E-state index in [1.165, 1.54) is 0 Å². The molecule has 1 aliphatic heterocycles. The monoisotopic (exact) mass is 174 g/mol. The molecule has 0 amide bonds. The summed E-state index contributed by atoms with van der Waals surface area (Å²) in [5.41, 5.74) is 6.01. The lowest BCUT2D eigenvalue weighted by Gasteiger charge is -2.35. The molecule has 12 heavy (non-hydrogen) atoms. The van der Waals surface area contributed by atoms with Crippen molar-refractivity contribution in [3.8, 4) is 0 Å². The van der Waals surface area contributed by atoms with E-state index in [1.807, 2.05) is 7.05 Å². The zero-order valence-corrected chi connectivity index (χ0v) is 7.88. The number of likely N-dealkylation sites (N-methyl/N-ethyl adjacent to an activating group) is 1. The van der Waals surface area contributed by atoms with Crippen molar-refractivity contribution in [2.24, 2.45) is 5.73 Å². The normalized spacial score (nSPS) is 23.0. The standard InChI is InChI=1S/C8H18N2O2/c1-10(11-2)7-8(9)3-5-12-6-4-8/h3-7,9H2,1-2H3. The highest BCUT2D eigenvalue weighted by molar-refractivity contribution is 4.87. The molecular formula is C8H18N2O2. The average molecular weight is 174 g/mol. The molecule has 0 aliphatic carbocycles. The van der Waals surface area contributed by atoms with E-state index in [0.29, 0.717) is 0 Å². The molecule has 4 nitrogen and oxygen atoms in total. The summed E-state index contributed by atoms with van der Waals surface area (Å²) < 4.78 is 5.24. The molecule has 1 rings (SSSR count). The van der Waals surface area contributed by atoms with Gasteiger partial charge in [-0.2, -0.15) is 5.06 Å². The van der Waals surface area contributed by atoms with Crippen LogP contribution in [0.3, 0.4) is 0 Å². The van der Waals surface area contributed by atoms with Crippen LogP contribution in [0.15, 0.2) is 0 Å². The Bertz CT molecular complexity index is 135. The van der Waals surface area contributed by atoms with E-state index in [2.05, 4.69) is 0 Å². The fourth-order valence-electron chi connectivity index (χ4n) is 1.44. The lowest BCUT2D eigenvalue weighted by molar-refractivity contribution is -0.128. The van der Waals surface area contributed by atoms with Crippen LogP contribution in [-0.2, 0) is 9.57 Å². The minimum absolute atomic E-state index is 0.122. The van der Waals surface area contributed by atoms with Crippen LogP contribution in [0.4, 0.5) is 0 Å². The number of nitrogens with two attached hydrogens (primary N) is 1. The van der Waals surface area contributed by atoms with Gasteiger partial charge >= 0.3 is 0 Å². The molecule has 0 saturated carbocycles. The number of ether oxygens (including phenoxy) is 1. The number of hydrogen-bond acceptors (Lipinski definition) is 4. The Morgan fingerprint density at radius 1 is 1.50 bits per heavy atom. The Hall–Kier alpha value is -0.160. The summed E-state index contributed by atoms with van der Waals surface area (Å²) in [6.45, 7) is 2.31. The van der Waals surface area contributed by atoms with Gasteiger partial charge in [0.25, 0.3) is 0 Å². The first kappa shape index (κ1) is 9.92. The van der Waals surface area contributed by atoms with Crippen LogP contribution in [-0.4, -0.2) is 44.5 Å². The molecule has 0 aromatic rings. The largest absolute Gasteiger partial charge is 0.381 e. The van der Waals surface area contributed by atoms with Crippen molar-refractivity contribution in [2.75, 3.05) is 33.9 Å². The van der Waals surface area contributed by atoms with Crippen LogP contribution < -0.4 is 5.73 Å². The molecule has 0 aromatic heterocycles. The van der Waals surface area contributed by atoms with Crippen LogP contribution in [0.1, 0.15) is 12.8 Å². The van der Waals surface area contributed by atoms with E-state index in [0.717, 1.165) is 32.6 Å². The first-order chi connectivity index (χ1) is 5.66. The summed E-state index contributed by atoms with van der Waals surface area (Å²) in [6, 6.07) is 0. The first-order valence-electron chi connectivity index (χ1n) is 4.28. The van der Waals surface area contributed by atoms with E-state index in [9.17, 15) is 0 Å². The zero-order chi connectivity index (χ0) is 9.03. The van der Waals surface area contributed by atoms with Crippen LogP contribution in [0.25, 0.3) is 0 Å². The van der Waals surface area contributed by atoms with Crippen LogP contribution in [0.5, 0.6) is 0 Å². The minimum Gasteiger partial charge on any atom is -0.381 e. The summed E-state index contributed by atoms with van der Waals surface area (Å²) >= 11 is 0. The second-order valence-electron chi connectivity index (χ2n) is 3.44. The molecule has 0 aromatic carbocycles. The predicted octanol–water partition coefficient (Wildman–Crippen LogP) is -0.0125. The van der Waals surface area contributed by atoms with Gasteiger partial charge in [0.05, 0.1) is 7.11 Å². The van der Waals surface area contributed by atoms with Gasteiger partial charge in [-0.05, 0) is 12.8 Å². The molecule has 4 heteroatoms. The van der Waals surface area contributed by atoms with Crippen molar-refractivity contribution in [1.82, 2.24) is 5.06 Å². The maximum Gasteiger partial charge on any atom is 0.0575 e. The summed E-state index contributed by atoms with van der Waals surface area (Å²) in [5.74, 6) is 0. The second-order valence-corrected chi connectivity index (χ2v) is 3.44. The van der Waals surface area contributed by atoms with Crippen molar-refractivity contribution < 1.29 is 9.57 Å². The van der Waals surface area contributed by atoms with Gasteiger partial charge in [-0.1, -0.05) is 0 Å². The SMILES string of the molecule is CON(C)CC1(N)CCOCC1. The van der Waals surface area contributed by atoms with Crippen molar-refractivity contribution in [3.63, 3.8) is 0 Å². The number of hydrogen-bond donors (Lipinski definition) is 1. The topological polar surface area (TPSA) is 47.7 Å². The van der Waals surface area contributed by atoms with Crippen molar-refractivity contribution in [3.05, 3.63) is 0 Å². The van der Waals surface area contributed by atoms with E-state index < -0.39 is 0 Å². The fraction of sp³-hybridized carbons (Fsp3) is 1.00. The maximum atomic E-state index is 6.13. The third-order valence-electron chi connectivity index (χ3n) is 2.34. The molecule has 0 atom stereocenters. The average Bonchev–Trinajstić information content (AvgIpc) is 2.05. The fourth-order valence-corrected chi connectivity index (χ4v) is 1.44. The van der Waals surface area contributed by atoms with Gasteiger partial charge in [0.2, 0.25) is 0 Å². The third-order valence-corrected chi connectivity index (χ3v) is 2.34. The van der Waals surface area contributed by atoms with Gasteiger partial charge in [0.1, 0.15) is 0 Å². The summed E-state index contributed by atoms with van der Waals surface area (Å²) in [5, 5.41) is 1.77. The Balaban J connectivity index is 2.35. The van der Waals surface area contributed by atoms with Crippen molar-refractivity contribution in [1.29, 1.82) is 0 Å². The molecule has 1 fully saturated rings. The van der Waals surface area contributed by atoms with E-state index >= 15 is 0 Å². The van der Waals surface area contributed by atoms with Gasteiger partial charge in [-0.15, -0.1) is 0 Å². The van der Waals surface area contributed by atoms with Gasteiger partial charge in [-0.25, -0.2) is 0 Å². The smallest absolute Gasteiger partial charge is 0.0575 e. The molecule has 0 bridgehead atoms. The highest BCUT2D eigenvalue weighted by Crippen LogP contribution is 2.18. The van der Waals surface area contributed by atoms with Crippen LogP contribution in [0, 0.1) is 0 Å². The Morgan fingerprint density at radius 2 is 2.08 bits per heavy atom.